The Morgan fingerprint density at radius 2 is 2.05 bits per heavy atom. The number of nitrogens with zero attached hydrogens (tertiary/aromatic N) is 1. The van der Waals surface area contributed by atoms with Gasteiger partial charge in [0.15, 0.2) is 0 Å². The van der Waals surface area contributed by atoms with Crippen LogP contribution < -0.4 is 0 Å². The fourth-order valence-corrected chi connectivity index (χ4v) is 4.21. The van der Waals surface area contributed by atoms with Gasteiger partial charge in [0.05, 0.1) is 18.1 Å². The fraction of sp³-hybridized carbons (Fsp3) is 0.538. The maximum absolute atomic E-state index is 12.6. The molecule has 0 spiro atoms. The number of hydrogen-bond donors (Lipinski definition) is 0. The standard InChI is InChI=1S/C13H18BrNO3S/c1-2-12-10-18-8-7-15(12)19(16,17)13-5-3-11(9-14)4-6-13/h3-6,12H,2,7-10H2,1H3. The van der Waals surface area contributed by atoms with Gasteiger partial charge in [0.1, 0.15) is 0 Å². The van der Waals surface area contributed by atoms with Crippen LogP contribution in [0.2, 0.25) is 0 Å². The van der Waals surface area contributed by atoms with Crippen molar-refractivity contribution in [2.45, 2.75) is 29.6 Å². The fourth-order valence-electron chi connectivity index (χ4n) is 2.16. The number of hydrogen-bond acceptors (Lipinski definition) is 3. The van der Waals surface area contributed by atoms with Gasteiger partial charge in [0.2, 0.25) is 10.0 Å². The molecule has 1 atom stereocenters. The third-order valence-electron chi connectivity index (χ3n) is 3.33. The average Bonchev–Trinajstić information content (AvgIpc) is 2.47. The lowest BCUT2D eigenvalue weighted by molar-refractivity contribution is 0.0314. The highest BCUT2D eigenvalue weighted by Gasteiger charge is 2.32. The summed E-state index contributed by atoms with van der Waals surface area (Å²) < 4.78 is 32.2. The molecule has 1 aromatic carbocycles. The van der Waals surface area contributed by atoms with E-state index in [0.29, 0.717) is 24.7 Å². The number of halogens is 1. The van der Waals surface area contributed by atoms with Crippen LogP contribution in [0.15, 0.2) is 29.2 Å². The lowest BCUT2D eigenvalue weighted by Crippen LogP contribution is -2.48. The largest absolute Gasteiger partial charge is 0.378 e. The van der Waals surface area contributed by atoms with Crippen molar-refractivity contribution in [3.8, 4) is 0 Å². The van der Waals surface area contributed by atoms with Gasteiger partial charge in [-0.05, 0) is 24.1 Å². The van der Waals surface area contributed by atoms with Gasteiger partial charge in [-0.25, -0.2) is 8.42 Å². The predicted molar refractivity (Wildman–Crippen MR) is 77.9 cm³/mol. The van der Waals surface area contributed by atoms with E-state index in [9.17, 15) is 8.42 Å². The molecule has 1 aliphatic heterocycles. The molecule has 1 aliphatic rings. The Kier molecular flexibility index (Phi) is 5.00. The minimum atomic E-state index is -3.41. The molecule has 1 heterocycles. The van der Waals surface area contributed by atoms with E-state index in [1.54, 1.807) is 16.4 Å². The number of alkyl halides is 1. The third-order valence-corrected chi connectivity index (χ3v) is 5.94. The SMILES string of the molecule is CCC1COCCN1S(=O)(=O)c1ccc(CBr)cc1. The van der Waals surface area contributed by atoms with Crippen molar-refractivity contribution in [3.63, 3.8) is 0 Å². The molecule has 0 aliphatic carbocycles. The van der Waals surface area contributed by atoms with E-state index in [0.717, 1.165) is 17.3 Å². The van der Waals surface area contributed by atoms with Crippen LogP contribution in [-0.2, 0) is 20.1 Å². The zero-order chi connectivity index (χ0) is 13.9. The Bertz CT molecular complexity index is 515. The molecule has 0 amide bonds. The Morgan fingerprint density at radius 1 is 1.37 bits per heavy atom. The second-order valence-electron chi connectivity index (χ2n) is 4.53. The smallest absolute Gasteiger partial charge is 0.243 e. The van der Waals surface area contributed by atoms with E-state index in [2.05, 4.69) is 15.9 Å². The Balaban J connectivity index is 2.29. The monoisotopic (exact) mass is 347 g/mol. The zero-order valence-electron chi connectivity index (χ0n) is 10.9. The van der Waals surface area contributed by atoms with Crippen LogP contribution in [0.3, 0.4) is 0 Å². The van der Waals surface area contributed by atoms with Crippen LogP contribution in [-0.4, -0.2) is 38.5 Å². The molecule has 1 saturated heterocycles. The third kappa shape index (κ3) is 3.18. The summed E-state index contributed by atoms with van der Waals surface area (Å²) in [5.41, 5.74) is 1.06. The van der Waals surface area contributed by atoms with E-state index in [1.807, 2.05) is 19.1 Å². The highest BCUT2D eigenvalue weighted by Crippen LogP contribution is 2.22. The first-order valence-electron chi connectivity index (χ1n) is 6.34. The van der Waals surface area contributed by atoms with E-state index in [4.69, 9.17) is 4.74 Å². The Hall–Kier alpha value is -0.430. The molecule has 2 rings (SSSR count). The molecule has 19 heavy (non-hydrogen) atoms. The lowest BCUT2D eigenvalue weighted by atomic mass is 10.2. The van der Waals surface area contributed by atoms with Crippen LogP contribution in [0.5, 0.6) is 0 Å². The summed E-state index contributed by atoms with van der Waals surface area (Å²) in [5, 5.41) is 0.725. The molecule has 0 bridgehead atoms. The second kappa shape index (κ2) is 6.35. The summed E-state index contributed by atoms with van der Waals surface area (Å²) in [6.45, 7) is 3.36. The molecule has 6 heteroatoms. The van der Waals surface area contributed by atoms with Gasteiger partial charge in [0, 0.05) is 17.9 Å². The van der Waals surface area contributed by atoms with Crippen molar-refractivity contribution in [1.82, 2.24) is 4.31 Å². The molecular weight excluding hydrogens is 330 g/mol. The molecule has 0 N–H and O–H groups in total. The summed E-state index contributed by atoms with van der Waals surface area (Å²) in [6.07, 6.45) is 0.763. The van der Waals surface area contributed by atoms with Crippen molar-refractivity contribution in [2.24, 2.45) is 0 Å². The van der Waals surface area contributed by atoms with Crippen molar-refractivity contribution in [2.75, 3.05) is 19.8 Å². The summed E-state index contributed by atoms with van der Waals surface area (Å²) in [4.78, 5) is 0.359. The van der Waals surface area contributed by atoms with Crippen LogP contribution in [0.25, 0.3) is 0 Å². The van der Waals surface area contributed by atoms with E-state index < -0.39 is 10.0 Å². The molecule has 0 radical (unpaired) electrons. The van der Waals surface area contributed by atoms with Crippen molar-refractivity contribution in [3.05, 3.63) is 29.8 Å². The molecule has 106 valence electrons. The summed E-state index contributed by atoms with van der Waals surface area (Å²) in [6, 6.07) is 6.96. The van der Waals surface area contributed by atoms with Crippen LogP contribution >= 0.6 is 15.9 Å². The topological polar surface area (TPSA) is 46.6 Å². The quantitative estimate of drug-likeness (QED) is 0.785. The van der Waals surface area contributed by atoms with E-state index in [1.165, 1.54) is 0 Å². The first kappa shape index (κ1) is 15.0. The molecule has 4 nitrogen and oxygen atoms in total. The number of benzene rings is 1. The molecule has 1 fully saturated rings. The van der Waals surface area contributed by atoms with E-state index >= 15 is 0 Å². The summed E-state index contributed by atoms with van der Waals surface area (Å²) in [7, 11) is -3.41. The molecular formula is C13H18BrNO3S. The van der Waals surface area contributed by atoms with Crippen LogP contribution in [0, 0.1) is 0 Å². The van der Waals surface area contributed by atoms with Gasteiger partial charge in [-0.3, -0.25) is 0 Å². The summed E-state index contributed by atoms with van der Waals surface area (Å²) in [5.74, 6) is 0. The van der Waals surface area contributed by atoms with Crippen LogP contribution in [0.1, 0.15) is 18.9 Å². The number of sulfonamides is 1. The number of morpholine rings is 1. The van der Waals surface area contributed by atoms with Gasteiger partial charge < -0.3 is 4.74 Å². The average molecular weight is 348 g/mol. The maximum atomic E-state index is 12.6. The highest BCUT2D eigenvalue weighted by atomic mass is 79.9. The normalized spacial score (nSPS) is 21.5. The summed E-state index contributed by atoms with van der Waals surface area (Å²) >= 11 is 3.35. The predicted octanol–water partition coefficient (Wildman–Crippen LogP) is 2.38. The maximum Gasteiger partial charge on any atom is 0.243 e. The van der Waals surface area contributed by atoms with Gasteiger partial charge in [0.25, 0.3) is 0 Å². The molecule has 0 saturated carbocycles. The Labute approximate surface area is 122 Å². The Morgan fingerprint density at radius 3 is 2.63 bits per heavy atom. The van der Waals surface area contributed by atoms with Crippen molar-refractivity contribution >= 4 is 26.0 Å². The minimum absolute atomic E-state index is 0.0606. The second-order valence-corrected chi connectivity index (χ2v) is 6.98. The van der Waals surface area contributed by atoms with E-state index in [-0.39, 0.29) is 6.04 Å². The molecule has 1 aromatic rings. The molecule has 0 aromatic heterocycles. The first-order valence-corrected chi connectivity index (χ1v) is 8.90. The molecule has 1 unspecified atom stereocenters. The van der Waals surface area contributed by atoms with Gasteiger partial charge in [-0.15, -0.1) is 0 Å². The minimum Gasteiger partial charge on any atom is -0.378 e. The van der Waals surface area contributed by atoms with Crippen LogP contribution in [0.4, 0.5) is 0 Å². The number of rotatable bonds is 4. The number of ether oxygens (including phenoxy) is 1. The first-order chi connectivity index (χ1) is 9.09. The van der Waals surface area contributed by atoms with Gasteiger partial charge in [-0.2, -0.15) is 4.31 Å². The van der Waals surface area contributed by atoms with Gasteiger partial charge in [-0.1, -0.05) is 35.0 Å². The van der Waals surface area contributed by atoms with Gasteiger partial charge >= 0.3 is 0 Å². The van der Waals surface area contributed by atoms with Crippen molar-refractivity contribution in [1.29, 1.82) is 0 Å². The highest BCUT2D eigenvalue weighted by molar-refractivity contribution is 9.08. The van der Waals surface area contributed by atoms with Crippen molar-refractivity contribution < 1.29 is 13.2 Å². The lowest BCUT2D eigenvalue weighted by Gasteiger charge is -2.33. The zero-order valence-corrected chi connectivity index (χ0v) is 13.3.